The molecule has 9 heteroatoms. The van der Waals surface area contributed by atoms with E-state index in [1.165, 1.54) is 49.1 Å². The lowest BCUT2D eigenvalue weighted by Gasteiger charge is -2.24. The van der Waals surface area contributed by atoms with Gasteiger partial charge in [0.15, 0.2) is 0 Å². The number of benzene rings is 1. The summed E-state index contributed by atoms with van der Waals surface area (Å²) in [5.41, 5.74) is 0.210. The minimum Gasteiger partial charge on any atom is -0.352 e. The van der Waals surface area contributed by atoms with Crippen molar-refractivity contribution in [2.45, 2.75) is 70.4 Å². The van der Waals surface area contributed by atoms with Gasteiger partial charge in [-0.15, -0.1) is 0 Å². The van der Waals surface area contributed by atoms with Gasteiger partial charge in [-0.2, -0.15) is 15.0 Å². The number of nitrogens with zero attached hydrogens (tertiary/aromatic N) is 5. The molecular formula is C24H35F2N7. The molecule has 1 saturated heterocycles. The molecule has 1 unspecified atom stereocenters. The molecule has 1 atom stereocenters. The number of hydrogen-bond donors (Lipinski definition) is 2. The largest absolute Gasteiger partial charge is 0.352 e. The van der Waals surface area contributed by atoms with Crippen LogP contribution < -0.4 is 15.5 Å². The van der Waals surface area contributed by atoms with Crippen molar-refractivity contribution in [3.05, 3.63) is 29.8 Å². The number of likely N-dealkylation sites (tertiary alicyclic amines) is 1. The molecule has 1 aliphatic heterocycles. The number of nitrogens with one attached hydrogen (secondary N) is 2. The first-order chi connectivity index (χ1) is 16.0. The Morgan fingerprint density at radius 2 is 1.76 bits per heavy atom. The molecule has 180 valence electrons. The van der Waals surface area contributed by atoms with Crippen LogP contribution in [0.1, 0.15) is 58.3 Å². The summed E-state index contributed by atoms with van der Waals surface area (Å²) in [5, 5.41) is 6.87. The minimum atomic E-state index is -0.657. The standard InChI is InChI=1S/C24H35F2N7/c1-3-33-14-8-11-19(33)16-27-22-29-23(28-18-9-6-4-5-7-10-18)31-24(30-22)32(2)21-13-12-17(25)15-20(21)26/h12-13,15,18-19H,3-11,14,16H2,1-2H3,(H2,27,28,29,30,31). The van der Waals surface area contributed by atoms with Gasteiger partial charge < -0.3 is 15.5 Å². The average molecular weight is 460 g/mol. The van der Waals surface area contributed by atoms with Crippen LogP contribution in [0.5, 0.6) is 0 Å². The summed E-state index contributed by atoms with van der Waals surface area (Å²) in [6.07, 6.45) is 9.41. The van der Waals surface area contributed by atoms with Crippen molar-refractivity contribution < 1.29 is 8.78 Å². The van der Waals surface area contributed by atoms with Crippen molar-refractivity contribution >= 4 is 23.5 Å². The van der Waals surface area contributed by atoms with Gasteiger partial charge in [-0.1, -0.05) is 32.6 Å². The summed E-state index contributed by atoms with van der Waals surface area (Å²) < 4.78 is 27.9. The highest BCUT2D eigenvalue weighted by Gasteiger charge is 2.24. The van der Waals surface area contributed by atoms with E-state index in [1.807, 2.05) is 0 Å². The van der Waals surface area contributed by atoms with Gasteiger partial charge in [0, 0.05) is 31.7 Å². The van der Waals surface area contributed by atoms with Crippen molar-refractivity contribution in [1.29, 1.82) is 0 Å². The number of anilines is 4. The molecule has 1 aliphatic carbocycles. The fourth-order valence-electron chi connectivity index (χ4n) is 4.88. The zero-order valence-electron chi connectivity index (χ0n) is 19.7. The van der Waals surface area contributed by atoms with Crippen LogP contribution in [0.15, 0.2) is 18.2 Å². The summed E-state index contributed by atoms with van der Waals surface area (Å²) in [4.78, 5) is 17.8. The third-order valence-electron chi connectivity index (χ3n) is 6.78. The van der Waals surface area contributed by atoms with Crippen molar-refractivity contribution in [1.82, 2.24) is 19.9 Å². The molecular weight excluding hydrogens is 424 g/mol. The van der Waals surface area contributed by atoms with Crippen molar-refractivity contribution in [2.24, 2.45) is 0 Å². The van der Waals surface area contributed by atoms with Crippen LogP contribution >= 0.6 is 0 Å². The van der Waals surface area contributed by atoms with Gasteiger partial charge in [0.2, 0.25) is 17.8 Å². The Kier molecular flexibility index (Phi) is 7.90. The van der Waals surface area contributed by atoms with Crippen LogP contribution in [0.25, 0.3) is 0 Å². The maximum Gasteiger partial charge on any atom is 0.236 e. The van der Waals surface area contributed by atoms with E-state index in [-0.39, 0.29) is 5.69 Å². The molecule has 7 nitrogen and oxygen atoms in total. The van der Waals surface area contributed by atoms with Gasteiger partial charge in [-0.25, -0.2) is 8.78 Å². The molecule has 0 bridgehead atoms. The minimum absolute atomic E-state index is 0.210. The molecule has 2 fully saturated rings. The zero-order chi connectivity index (χ0) is 23.2. The van der Waals surface area contributed by atoms with Crippen molar-refractivity contribution in [2.75, 3.05) is 42.2 Å². The van der Waals surface area contributed by atoms with E-state index in [0.717, 1.165) is 45.0 Å². The van der Waals surface area contributed by atoms with Gasteiger partial charge in [0.05, 0.1) is 5.69 Å². The fraction of sp³-hybridized carbons (Fsp3) is 0.625. The van der Waals surface area contributed by atoms with Crippen LogP contribution in [0.4, 0.5) is 32.3 Å². The molecule has 2 aromatic rings. The van der Waals surface area contributed by atoms with Crippen molar-refractivity contribution in [3.63, 3.8) is 0 Å². The molecule has 0 spiro atoms. The molecule has 1 aromatic carbocycles. The third kappa shape index (κ3) is 6.07. The lowest BCUT2D eigenvalue weighted by molar-refractivity contribution is 0.277. The highest BCUT2D eigenvalue weighted by Crippen LogP contribution is 2.27. The average Bonchev–Trinajstić information content (AvgIpc) is 3.12. The molecule has 0 amide bonds. The topological polar surface area (TPSA) is 69.2 Å². The summed E-state index contributed by atoms with van der Waals surface area (Å²) >= 11 is 0. The van der Waals surface area contributed by atoms with E-state index < -0.39 is 11.6 Å². The smallest absolute Gasteiger partial charge is 0.236 e. The number of halogens is 2. The Balaban J connectivity index is 1.57. The maximum atomic E-state index is 14.5. The molecule has 1 aromatic heterocycles. The fourth-order valence-corrected chi connectivity index (χ4v) is 4.88. The van der Waals surface area contributed by atoms with Crippen LogP contribution in [-0.2, 0) is 0 Å². The Labute approximate surface area is 195 Å². The summed E-state index contributed by atoms with van der Waals surface area (Å²) in [5.74, 6) is -0.00506. The number of hydrogen-bond acceptors (Lipinski definition) is 7. The van der Waals surface area contributed by atoms with Crippen molar-refractivity contribution in [3.8, 4) is 0 Å². The zero-order valence-corrected chi connectivity index (χ0v) is 19.7. The van der Waals surface area contributed by atoms with Gasteiger partial charge in [-0.3, -0.25) is 4.90 Å². The van der Waals surface area contributed by atoms with E-state index in [0.29, 0.717) is 29.9 Å². The highest BCUT2D eigenvalue weighted by molar-refractivity contribution is 5.59. The first kappa shape index (κ1) is 23.6. The van der Waals surface area contributed by atoms with E-state index in [1.54, 1.807) is 7.05 Å². The van der Waals surface area contributed by atoms with Crippen LogP contribution in [0, 0.1) is 11.6 Å². The first-order valence-electron chi connectivity index (χ1n) is 12.2. The van der Waals surface area contributed by atoms with Gasteiger partial charge >= 0.3 is 0 Å². The molecule has 2 heterocycles. The second-order valence-corrected chi connectivity index (χ2v) is 9.08. The molecule has 4 rings (SSSR count). The van der Waals surface area contributed by atoms with Gasteiger partial charge in [0.1, 0.15) is 11.6 Å². The second kappa shape index (κ2) is 11.0. The van der Waals surface area contributed by atoms with E-state index in [2.05, 4.69) is 37.4 Å². The molecule has 2 N–H and O–H groups in total. The number of likely N-dealkylation sites (N-methyl/N-ethyl adjacent to an activating group) is 1. The third-order valence-corrected chi connectivity index (χ3v) is 6.78. The SMILES string of the molecule is CCN1CCCC1CNc1nc(NC2CCCCCC2)nc(N(C)c2ccc(F)cc2F)n1. The summed E-state index contributed by atoms with van der Waals surface area (Å²) in [6, 6.07) is 4.27. The lowest BCUT2D eigenvalue weighted by Crippen LogP contribution is -2.35. The summed E-state index contributed by atoms with van der Waals surface area (Å²) in [7, 11) is 1.68. The van der Waals surface area contributed by atoms with Gasteiger partial charge in [-0.05, 0) is 50.9 Å². The molecule has 0 radical (unpaired) electrons. The number of aromatic nitrogens is 3. The normalized spacial score (nSPS) is 19.9. The second-order valence-electron chi connectivity index (χ2n) is 9.08. The first-order valence-corrected chi connectivity index (χ1v) is 12.2. The Morgan fingerprint density at radius 3 is 2.48 bits per heavy atom. The van der Waals surface area contributed by atoms with E-state index in [4.69, 9.17) is 0 Å². The Hall–Kier alpha value is -2.55. The molecule has 2 aliphatic rings. The predicted molar refractivity (Wildman–Crippen MR) is 128 cm³/mol. The lowest BCUT2D eigenvalue weighted by atomic mass is 10.1. The number of rotatable bonds is 8. The Bertz CT molecular complexity index is 918. The summed E-state index contributed by atoms with van der Waals surface area (Å²) in [6.45, 7) is 5.07. The van der Waals surface area contributed by atoms with Crippen LogP contribution in [-0.4, -0.2) is 58.6 Å². The van der Waals surface area contributed by atoms with E-state index in [9.17, 15) is 8.78 Å². The highest BCUT2D eigenvalue weighted by atomic mass is 19.1. The monoisotopic (exact) mass is 459 g/mol. The van der Waals surface area contributed by atoms with E-state index >= 15 is 0 Å². The molecule has 33 heavy (non-hydrogen) atoms. The quantitative estimate of drug-likeness (QED) is 0.542. The van der Waals surface area contributed by atoms with Gasteiger partial charge in [0.25, 0.3) is 0 Å². The van der Waals surface area contributed by atoms with Crippen LogP contribution in [0.3, 0.4) is 0 Å². The predicted octanol–water partition coefficient (Wildman–Crippen LogP) is 4.95. The Morgan fingerprint density at radius 1 is 1.00 bits per heavy atom. The maximum absolute atomic E-state index is 14.5. The molecule has 1 saturated carbocycles. The van der Waals surface area contributed by atoms with Crippen LogP contribution in [0.2, 0.25) is 0 Å².